The SMILES string of the molecule is CC1(C)c2ccccc2N2CCOC21C=Cc1ccccc1O. The van der Waals surface area contributed by atoms with Crippen LogP contribution in [0.1, 0.15) is 25.0 Å². The Morgan fingerprint density at radius 1 is 1.09 bits per heavy atom. The van der Waals surface area contributed by atoms with Gasteiger partial charge in [-0.25, -0.2) is 0 Å². The van der Waals surface area contributed by atoms with Crippen molar-refractivity contribution in [2.75, 3.05) is 18.1 Å². The van der Waals surface area contributed by atoms with E-state index in [9.17, 15) is 5.11 Å². The Kier molecular flexibility index (Phi) is 3.03. The predicted molar refractivity (Wildman–Crippen MR) is 92.6 cm³/mol. The van der Waals surface area contributed by atoms with Crippen molar-refractivity contribution in [1.82, 2.24) is 0 Å². The molecule has 4 rings (SSSR count). The van der Waals surface area contributed by atoms with E-state index < -0.39 is 5.72 Å². The van der Waals surface area contributed by atoms with Crippen LogP contribution in [0, 0.1) is 0 Å². The standard InChI is InChI=1S/C20H21NO2/c1-19(2)16-8-4-5-9-17(16)21-13-14-23-20(19,21)12-11-15-7-3-6-10-18(15)22/h3-12,22H,13-14H2,1-2H3. The summed E-state index contributed by atoms with van der Waals surface area (Å²) < 4.78 is 6.28. The number of fused-ring (bicyclic) bond motifs is 3. The zero-order chi connectivity index (χ0) is 16.1. The number of para-hydroxylation sites is 2. The van der Waals surface area contributed by atoms with Gasteiger partial charge in [0, 0.05) is 23.2 Å². The maximum atomic E-state index is 10.0. The summed E-state index contributed by atoms with van der Waals surface area (Å²) in [5.41, 5.74) is 2.70. The molecule has 2 aliphatic rings. The Morgan fingerprint density at radius 3 is 2.65 bits per heavy atom. The van der Waals surface area contributed by atoms with Gasteiger partial charge in [0.25, 0.3) is 0 Å². The van der Waals surface area contributed by atoms with E-state index in [1.54, 1.807) is 6.07 Å². The Labute approximate surface area is 136 Å². The number of hydrogen-bond acceptors (Lipinski definition) is 3. The first-order valence-corrected chi connectivity index (χ1v) is 8.05. The second-order valence-corrected chi connectivity index (χ2v) is 6.73. The molecule has 2 heterocycles. The maximum Gasteiger partial charge on any atom is 0.170 e. The molecule has 0 amide bonds. The van der Waals surface area contributed by atoms with E-state index >= 15 is 0 Å². The fraction of sp³-hybridized carbons (Fsp3) is 0.300. The summed E-state index contributed by atoms with van der Waals surface area (Å²) >= 11 is 0. The van der Waals surface area contributed by atoms with Gasteiger partial charge < -0.3 is 14.7 Å². The lowest BCUT2D eigenvalue weighted by molar-refractivity contribution is 0.000334. The molecule has 0 bridgehead atoms. The number of nitrogens with zero attached hydrogens (tertiary/aromatic N) is 1. The number of benzene rings is 2. The molecule has 1 atom stereocenters. The van der Waals surface area contributed by atoms with Gasteiger partial charge in [0.15, 0.2) is 5.72 Å². The topological polar surface area (TPSA) is 32.7 Å². The van der Waals surface area contributed by atoms with Gasteiger partial charge in [0.2, 0.25) is 0 Å². The van der Waals surface area contributed by atoms with E-state index in [0.29, 0.717) is 6.61 Å². The second kappa shape index (κ2) is 4.87. The van der Waals surface area contributed by atoms with Crippen LogP contribution in [0.25, 0.3) is 6.08 Å². The fourth-order valence-corrected chi connectivity index (χ4v) is 3.96. The minimum absolute atomic E-state index is 0.166. The number of phenolic OH excluding ortho intramolecular Hbond substituents is 1. The van der Waals surface area contributed by atoms with E-state index in [-0.39, 0.29) is 11.2 Å². The summed E-state index contributed by atoms with van der Waals surface area (Å²) in [4.78, 5) is 2.35. The maximum absolute atomic E-state index is 10.0. The number of anilines is 1. The second-order valence-electron chi connectivity index (χ2n) is 6.73. The molecule has 2 aromatic rings. The van der Waals surface area contributed by atoms with Crippen molar-refractivity contribution in [2.45, 2.75) is 25.0 Å². The van der Waals surface area contributed by atoms with Crippen LogP contribution in [0.5, 0.6) is 5.75 Å². The van der Waals surface area contributed by atoms with E-state index in [0.717, 1.165) is 12.1 Å². The van der Waals surface area contributed by atoms with Gasteiger partial charge in [-0.15, -0.1) is 0 Å². The zero-order valence-electron chi connectivity index (χ0n) is 13.5. The number of phenols is 1. The average molecular weight is 307 g/mol. The first-order chi connectivity index (χ1) is 11.1. The first kappa shape index (κ1) is 14.3. The molecule has 2 aliphatic heterocycles. The molecule has 3 nitrogen and oxygen atoms in total. The van der Waals surface area contributed by atoms with Crippen LogP contribution in [0.4, 0.5) is 5.69 Å². The number of aromatic hydroxyl groups is 1. The lowest BCUT2D eigenvalue weighted by Gasteiger charge is -2.39. The largest absolute Gasteiger partial charge is 0.507 e. The van der Waals surface area contributed by atoms with Crippen LogP contribution < -0.4 is 4.90 Å². The van der Waals surface area contributed by atoms with E-state index in [2.05, 4.69) is 49.1 Å². The minimum atomic E-state index is -0.501. The molecule has 0 aromatic heterocycles. The monoisotopic (exact) mass is 307 g/mol. The number of hydrogen-bond donors (Lipinski definition) is 1. The molecule has 0 aliphatic carbocycles. The van der Waals surface area contributed by atoms with Gasteiger partial charge in [0.05, 0.1) is 6.61 Å². The molecule has 118 valence electrons. The summed E-state index contributed by atoms with van der Waals surface area (Å²) in [5, 5.41) is 10.0. The highest BCUT2D eigenvalue weighted by Crippen LogP contribution is 2.55. The van der Waals surface area contributed by atoms with Crippen molar-refractivity contribution >= 4 is 11.8 Å². The lowest BCUT2D eigenvalue weighted by atomic mass is 9.77. The van der Waals surface area contributed by atoms with Crippen molar-refractivity contribution in [3.8, 4) is 5.75 Å². The third-order valence-corrected chi connectivity index (χ3v) is 5.23. The summed E-state index contributed by atoms with van der Waals surface area (Å²) in [5.74, 6) is 0.290. The van der Waals surface area contributed by atoms with Crippen LogP contribution >= 0.6 is 0 Å². The highest BCUT2D eigenvalue weighted by molar-refractivity contribution is 5.70. The van der Waals surface area contributed by atoms with Gasteiger partial charge in [-0.2, -0.15) is 0 Å². The van der Waals surface area contributed by atoms with E-state index in [1.807, 2.05) is 24.3 Å². The number of ether oxygens (including phenoxy) is 1. The smallest absolute Gasteiger partial charge is 0.170 e. The molecular formula is C20H21NO2. The van der Waals surface area contributed by atoms with Gasteiger partial charge >= 0.3 is 0 Å². The van der Waals surface area contributed by atoms with E-state index in [4.69, 9.17) is 4.74 Å². The fourth-order valence-electron chi connectivity index (χ4n) is 3.96. The highest BCUT2D eigenvalue weighted by atomic mass is 16.5. The van der Waals surface area contributed by atoms with Gasteiger partial charge in [-0.1, -0.05) is 56.3 Å². The van der Waals surface area contributed by atoms with E-state index in [1.165, 1.54) is 11.3 Å². The van der Waals surface area contributed by atoms with Crippen LogP contribution in [-0.2, 0) is 10.2 Å². The molecule has 1 unspecified atom stereocenters. The summed E-state index contributed by atoms with van der Waals surface area (Å²) in [6.45, 7) is 6.05. The predicted octanol–water partition coefficient (Wildman–Crippen LogP) is 3.93. The van der Waals surface area contributed by atoms with Crippen LogP contribution in [0.2, 0.25) is 0 Å². The summed E-state index contributed by atoms with van der Waals surface area (Å²) in [6, 6.07) is 15.9. The summed E-state index contributed by atoms with van der Waals surface area (Å²) in [6.07, 6.45) is 4.08. The van der Waals surface area contributed by atoms with Crippen molar-refractivity contribution in [1.29, 1.82) is 0 Å². The molecule has 1 fully saturated rings. The molecule has 3 heteroatoms. The van der Waals surface area contributed by atoms with Crippen LogP contribution in [-0.4, -0.2) is 24.0 Å². The Morgan fingerprint density at radius 2 is 1.83 bits per heavy atom. The third kappa shape index (κ3) is 1.86. The lowest BCUT2D eigenvalue weighted by Crippen LogP contribution is -2.51. The van der Waals surface area contributed by atoms with Gasteiger partial charge in [-0.05, 0) is 23.8 Å². The Bertz CT molecular complexity index is 781. The van der Waals surface area contributed by atoms with Gasteiger partial charge in [-0.3, -0.25) is 0 Å². The summed E-state index contributed by atoms with van der Waals surface area (Å²) in [7, 11) is 0. The van der Waals surface area contributed by atoms with Crippen molar-refractivity contribution in [3.05, 3.63) is 65.7 Å². The van der Waals surface area contributed by atoms with Crippen molar-refractivity contribution in [3.63, 3.8) is 0 Å². The third-order valence-electron chi connectivity index (χ3n) is 5.23. The number of rotatable bonds is 2. The Balaban J connectivity index is 1.82. The molecule has 1 saturated heterocycles. The van der Waals surface area contributed by atoms with Crippen molar-refractivity contribution in [2.24, 2.45) is 0 Å². The molecule has 0 spiro atoms. The first-order valence-electron chi connectivity index (χ1n) is 8.05. The molecule has 0 radical (unpaired) electrons. The molecule has 23 heavy (non-hydrogen) atoms. The van der Waals surface area contributed by atoms with Gasteiger partial charge in [0.1, 0.15) is 5.75 Å². The Hall–Kier alpha value is -2.26. The highest BCUT2D eigenvalue weighted by Gasteiger charge is 2.58. The quantitative estimate of drug-likeness (QED) is 0.912. The van der Waals surface area contributed by atoms with Crippen LogP contribution in [0.15, 0.2) is 54.6 Å². The zero-order valence-corrected chi connectivity index (χ0v) is 13.5. The average Bonchev–Trinajstić information content (AvgIpc) is 3.05. The molecule has 1 N–H and O–H groups in total. The van der Waals surface area contributed by atoms with Crippen molar-refractivity contribution < 1.29 is 9.84 Å². The molecular weight excluding hydrogens is 286 g/mol. The minimum Gasteiger partial charge on any atom is -0.507 e. The molecule has 2 aromatic carbocycles. The van der Waals surface area contributed by atoms with Crippen LogP contribution in [0.3, 0.4) is 0 Å². The normalized spacial score (nSPS) is 24.9. The molecule has 0 saturated carbocycles.